The Morgan fingerprint density at radius 3 is 2.27 bits per heavy atom. The highest BCUT2D eigenvalue weighted by Crippen LogP contribution is 2.24. The number of hydrogen-bond donors (Lipinski definition) is 0. The van der Waals surface area contributed by atoms with Crippen molar-refractivity contribution in [2.24, 2.45) is 17.3 Å². The van der Waals surface area contributed by atoms with Crippen molar-refractivity contribution in [2.75, 3.05) is 19.6 Å². The van der Waals surface area contributed by atoms with Gasteiger partial charge >= 0.3 is 0 Å². The van der Waals surface area contributed by atoms with Gasteiger partial charge in [-0.1, -0.05) is 13.8 Å². The van der Waals surface area contributed by atoms with E-state index in [1.165, 1.54) is 19.6 Å². The Morgan fingerprint density at radius 2 is 1.80 bits per heavy atom. The van der Waals surface area contributed by atoms with Gasteiger partial charge in [0.1, 0.15) is 0 Å². The van der Waals surface area contributed by atoms with Gasteiger partial charge < -0.3 is 4.90 Å². The van der Waals surface area contributed by atoms with Crippen LogP contribution in [0.5, 0.6) is 0 Å². The summed E-state index contributed by atoms with van der Waals surface area (Å²) in [6.45, 7) is 12.4. The van der Waals surface area contributed by atoms with Crippen LogP contribution in [0.4, 0.5) is 0 Å². The standard InChI is InChI=1S/C13H24N2/c1-11-8-15(9-12(11)2)7-5-6-13(3,4)10-14/h11-12H,5-9H2,1-4H3. The molecule has 2 nitrogen and oxygen atoms in total. The normalized spacial score (nSPS) is 27.9. The maximum Gasteiger partial charge on any atom is 0.0683 e. The molecule has 1 aliphatic heterocycles. The van der Waals surface area contributed by atoms with Crippen LogP contribution in [0.15, 0.2) is 0 Å². The van der Waals surface area contributed by atoms with Crippen molar-refractivity contribution in [1.29, 1.82) is 5.26 Å². The summed E-state index contributed by atoms with van der Waals surface area (Å²) in [5, 5.41) is 8.91. The quantitative estimate of drug-likeness (QED) is 0.710. The van der Waals surface area contributed by atoms with Crippen LogP contribution in [0.3, 0.4) is 0 Å². The average molecular weight is 208 g/mol. The van der Waals surface area contributed by atoms with E-state index in [-0.39, 0.29) is 5.41 Å². The molecule has 2 atom stereocenters. The number of nitrogens with zero attached hydrogens (tertiary/aromatic N) is 2. The minimum absolute atomic E-state index is 0.142. The van der Waals surface area contributed by atoms with Crippen LogP contribution in [0.25, 0.3) is 0 Å². The van der Waals surface area contributed by atoms with Gasteiger partial charge in [0.25, 0.3) is 0 Å². The lowest BCUT2D eigenvalue weighted by atomic mass is 9.90. The molecule has 1 rings (SSSR count). The van der Waals surface area contributed by atoms with E-state index in [0.29, 0.717) is 0 Å². The number of nitriles is 1. The second-order valence-corrected chi connectivity index (χ2v) is 5.81. The molecule has 0 bridgehead atoms. The monoisotopic (exact) mass is 208 g/mol. The zero-order valence-electron chi connectivity index (χ0n) is 10.6. The molecule has 0 N–H and O–H groups in total. The van der Waals surface area contributed by atoms with Crippen molar-refractivity contribution in [3.8, 4) is 6.07 Å². The van der Waals surface area contributed by atoms with E-state index >= 15 is 0 Å². The van der Waals surface area contributed by atoms with E-state index in [9.17, 15) is 0 Å². The molecule has 1 aliphatic rings. The molecule has 1 heterocycles. The molecule has 0 saturated carbocycles. The fourth-order valence-electron chi connectivity index (χ4n) is 2.23. The van der Waals surface area contributed by atoms with E-state index in [1.54, 1.807) is 0 Å². The smallest absolute Gasteiger partial charge is 0.0683 e. The van der Waals surface area contributed by atoms with Crippen LogP contribution < -0.4 is 0 Å². The summed E-state index contributed by atoms with van der Waals surface area (Å²) in [6, 6.07) is 2.37. The van der Waals surface area contributed by atoms with Crippen molar-refractivity contribution in [3.63, 3.8) is 0 Å². The van der Waals surface area contributed by atoms with Gasteiger partial charge in [-0.3, -0.25) is 0 Å². The molecule has 0 aliphatic carbocycles. The maximum atomic E-state index is 8.91. The largest absolute Gasteiger partial charge is 0.303 e. The van der Waals surface area contributed by atoms with Gasteiger partial charge in [-0.25, -0.2) is 0 Å². The molecule has 0 spiro atoms. The third-order valence-electron chi connectivity index (χ3n) is 3.64. The summed E-state index contributed by atoms with van der Waals surface area (Å²) >= 11 is 0. The molecular weight excluding hydrogens is 184 g/mol. The van der Waals surface area contributed by atoms with E-state index in [0.717, 1.165) is 24.7 Å². The van der Waals surface area contributed by atoms with Crippen molar-refractivity contribution in [1.82, 2.24) is 4.90 Å². The van der Waals surface area contributed by atoms with Gasteiger partial charge in [-0.05, 0) is 45.1 Å². The van der Waals surface area contributed by atoms with Crippen LogP contribution in [-0.2, 0) is 0 Å². The molecule has 0 aromatic heterocycles. The van der Waals surface area contributed by atoms with E-state index in [2.05, 4.69) is 24.8 Å². The van der Waals surface area contributed by atoms with Crippen LogP contribution >= 0.6 is 0 Å². The summed E-state index contributed by atoms with van der Waals surface area (Å²) in [7, 11) is 0. The van der Waals surface area contributed by atoms with Crippen molar-refractivity contribution >= 4 is 0 Å². The lowest BCUT2D eigenvalue weighted by Crippen LogP contribution is -2.23. The van der Waals surface area contributed by atoms with Gasteiger partial charge in [0.15, 0.2) is 0 Å². The summed E-state index contributed by atoms with van der Waals surface area (Å²) in [4.78, 5) is 2.54. The predicted molar refractivity (Wildman–Crippen MR) is 63.4 cm³/mol. The SMILES string of the molecule is CC1CN(CCCC(C)(C)C#N)CC1C. The highest BCUT2D eigenvalue weighted by Gasteiger charge is 2.26. The van der Waals surface area contributed by atoms with Gasteiger partial charge in [0, 0.05) is 13.1 Å². The second kappa shape index (κ2) is 4.99. The maximum absolute atomic E-state index is 8.91. The minimum Gasteiger partial charge on any atom is -0.303 e. The highest BCUT2D eigenvalue weighted by molar-refractivity contribution is 4.91. The summed E-state index contributed by atoms with van der Waals surface area (Å²) in [5.41, 5.74) is -0.142. The van der Waals surface area contributed by atoms with Crippen LogP contribution in [-0.4, -0.2) is 24.5 Å². The molecule has 0 amide bonds. The fraction of sp³-hybridized carbons (Fsp3) is 0.923. The lowest BCUT2D eigenvalue weighted by Gasteiger charge is -2.19. The number of likely N-dealkylation sites (tertiary alicyclic amines) is 1. The van der Waals surface area contributed by atoms with Crippen molar-refractivity contribution < 1.29 is 0 Å². The van der Waals surface area contributed by atoms with Crippen molar-refractivity contribution in [3.05, 3.63) is 0 Å². The van der Waals surface area contributed by atoms with Crippen LogP contribution in [0.2, 0.25) is 0 Å². The van der Waals surface area contributed by atoms with Crippen LogP contribution in [0.1, 0.15) is 40.5 Å². The van der Waals surface area contributed by atoms with E-state index in [1.807, 2.05) is 13.8 Å². The highest BCUT2D eigenvalue weighted by atomic mass is 15.1. The second-order valence-electron chi connectivity index (χ2n) is 5.81. The van der Waals surface area contributed by atoms with Gasteiger partial charge in [0.2, 0.25) is 0 Å². The molecule has 0 radical (unpaired) electrons. The average Bonchev–Trinajstić information content (AvgIpc) is 2.46. The lowest BCUT2D eigenvalue weighted by molar-refractivity contribution is 0.296. The first-order valence-electron chi connectivity index (χ1n) is 6.08. The first-order valence-corrected chi connectivity index (χ1v) is 6.08. The van der Waals surface area contributed by atoms with Crippen molar-refractivity contribution in [2.45, 2.75) is 40.5 Å². The first kappa shape index (κ1) is 12.5. The van der Waals surface area contributed by atoms with Gasteiger partial charge in [-0.15, -0.1) is 0 Å². The fourth-order valence-corrected chi connectivity index (χ4v) is 2.23. The van der Waals surface area contributed by atoms with Crippen LogP contribution in [0, 0.1) is 28.6 Å². The molecule has 86 valence electrons. The summed E-state index contributed by atoms with van der Waals surface area (Å²) in [5.74, 6) is 1.68. The Kier molecular flexibility index (Phi) is 4.16. The predicted octanol–water partition coefficient (Wildman–Crippen LogP) is 2.90. The zero-order valence-corrected chi connectivity index (χ0v) is 10.6. The van der Waals surface area contributed by atoms with Gasteiger partial charge in [-0.2, -0.15) is 5.26 Å². The molecule has 0 aromatic rings. The molecule has 1 saturated heterocycles. The summed E-state index contributed by atoms with van der Waals surface area (Å²) in [6.07, 6.45) is 2.17. The topological polar surface area (TPSA) is 27.0 Å². The molecule has 1 fully saturated rings. The Hall–Kier alpha value is -0.550. The molecule has 2 unspecified atom stereocenters. The molecule has 15 heavy (non-hydrogen) atoms. The Bertz CT molecular complexity index is 229. The molecular formula is C13H24N2. The Labute approximate surface area is 94.3 Å². The number of rotatable bonds is 4. The molecule has 2 heteroatoms. The Morgan fingerprint density at radius 1 is 1.27 bits per heavy atom. The summed E-state index contributed by atoms with van der Waals surface area (Å²) < 4.78 is 0. The third kappa shape index (κ3) is 3.83. The zero-order chi connectivity index (χ0) is 11.5. The number of hydrogen-bond acceptors (Lipinski definition) is 2. The first-order chi connectivity index (χ1) is 6.94. The third-order valence-corrected chi connectivity index (χ3v) is 3.64. The van der Waals surface area contributed by atoms with E-state index in [4.69, 9.17) is 5.26 Å². The Balaban J connectivity index is 2.20. The van der Waals surface area contributed by atoms with Gasteiger partial charge in [0.05, 0.1) is 11.5 Å². The minimum atomic E-state index is -0.142. The molecule has 0 aromatic carbocycles. The van der Waals surface area contributed by atoms with E-state index < -0.39 is 0 Å².